The number of carbonyl (C=O) groups is 2. The molecule has 0 amide bonds. The summed E-state index contributed by atoms with van der Waals surface area (Å²) in [5.74, 6) is 0.406. The molecule has 0 aromatic carbocycles. The first-order chi connectivity index (χ1) is 13.2. The van der Waals surface area contributed by atoms with Gasteiger partial charge in [0.2, 0.25) is 0 Å². The molecule has 1 fully saturated rings. The van der Waals surface area contributed by atoms with E-state index in [1.54, 1.807) is 0 Å². The van der Waals surface area contributed by atoms with Crippen LogP contribution in [0.2, 0.25) is 0 Å². The van der Waals surface area contributed by atoms with Gasteiger partial charge in [0.1, 0.15) is 13.1 Å². The highest BCUT2D eigenvalue weighted by Gasteiger charge is 2.10. The fraction of sp³-hybridized carbons (Fsp3) is 0.913. The second-order valence-electron chi connectivity index (χ2n) is 6.84. The monoisotopic (exact) mass is 390 g/mol. The summed E-state index contributed by atoms with van der Waals surface area (Å²) in [5.41, 5.74) is 0. The molecule has 0 saturated heterocycles. The summed E-state index contributed by atoms with van der Waals surface area (Å²) in [6, 6.07) is 0. The van der Waals surface area contributed by atoms with E-state index in [1.165, 1.54) is 90.6 Å². The second kappa shape index (κ2) is 40.1. The summed E-state index contributed by atoms with van der Waals surface area (Å²) in [6.45, 7) is 11.0. The molecule has 0 aromatic rings. The van der Waals surface area contributed by atoms with Gasteiger partial charge in [-0.25, -0.2) is 4.89 Å². The van der Waals surface area contributed by atoms with Gasteiger partial charge in [-0.05, 0) is 12.8 Å². The van der Waals surface area contributed by atoms with Crippen molar-refractivity contribution < 1.29 is 19.7 Å². The van der Waals surface area contributed by atoms with Crippen LogP contribution in [0.1, 0.15) is 124 Å². The normalized spacial score (nSPS) is 12.5. The van der Waals surface area contributed by atoms with Crippen LogP contribution in [0.4, 0.5) is 0 Å². The van der Waals surface area contributed by atoms with Crippen molar-refractivity contribution in [3.05, 3.63) is 0 Å². The maximum atomic E-state index is 10.2. The topological polar surface area (TPSA) is 63.6 Å². The lowest BCUT2D eigenvalue weighted by Gasteiger charge is -2.14. The summed E-state index contributed by atoms with van der Waals surface area (Å²) in [4.78, 5) is 21.4. The molecule has 1 N–H and O–H groups in total. The minimum absolute atomic E-state index is 0.406. The van der Waals surface area contributed by atoms with Crippen LogP contribution in [0.25, 0.3) is 0 Å². The van der Waals surface area contributed by atoms with Gasteiger partial charge in [0.15, 0.2) is 0 Å². The molecule has 1 aliphatic carbocycles. The van der Waals surface area contributed by atoms with Crippen LogP contribution >= 0.6 is 0 Å². The van der Waals surface area contributed by atoms with Crippen LogP contribution in [0, 0.1) is 5.92 Å². The molecule has 0 unspecified atom stereocenters. The average molecular weight is 391 g/mol. The molecule has 0 radical (unpaired) electrons. The number of hydrogen-bond donors (Lipinski definition) is 1. The first-order valence-electron chi connectivity index (χ1n) is 11.1. The van der Waals surface area contributed by atoms with Crippen molar-refractivity contribution in [3.8, 4) is 0 Å². The van der Waals surface area contributed by atoms with Crippen molar-refractivity contribution in [1.82, 2.24) is 0 Å². The second-order valence-corrected chi connectivity index (χ2v) is 6.84. The van der Waals surface area contributed by atoms with Gasteiger partial charge in [-0.15, -0.1) is 0 Å². The number of aldehydes is 1. The van der Waals surface area contributed by atoms with E-state index >= 15 is 0 Å². The summed E-state index contributed by atoms with van der Waals surface area (Å²) in [7, 11) is 1.18. The van der Waals surface area contributed by atoms with Crippen LogP contribution in [0.15, 0.2) is 0 Å². The predicted molar refractivity (Wildman–Crippen MR) is 118 cm³/mol. The molecule has 1 aliphatic rings. The molecule has 0 spiro atoms. The molecule has 1 rings (SSSR count). The molecular formula is C23H50O4. The van der Waals surface area contributed by atoms with Crippen molar-refractivity contribution in [1.29, 1.82) is 0 Å². The van der Waals surface area contributed by atoms with E-state index in [-0.39, 0.29) is 0 Å². The van der Waals surface area contributed by atoms with E-state index in [9.17, 15) is 4.79 Å². The molecule has 0 bridgehead atoms. The van der Waals surface area contributed by atoms with Crippen LogP contribution in [0.5, 0.6) is 0 Å². The van der Waals surface area contributed by atoms with E-state index in [4.69, 9.17) is 10.1 Å². The number of carbonyl (C=O) groups excluding carboxylic acids is 2. The first-order valence-corrected chi connectivity index (χ1v) is 11.1. The maximum Gasteiger partial charge on any atom is 0.123 e. The third kappa shape index (κ3) is 45.9. The Kier molecular flexibility index (Phi) is 50.2. The minimum Gasteiger partial charge on any atom is -0.307 e. The molecule has 0 atom stereocenters. The van der Waals surface area contributed by atoms with Crippen LogP contribution < -0.4 is 0 Å². The van der Waals surface area contributed by atoms with E-state index in [0.717, 1.165) is 19.1 Å². The Morgan fingerprint density at radius 2 is 1.07 bits per heavy atom. The van der Waals surface area contributed by atoms with Gasteiger partial charge in [0.05, 0.1) is 7.11 Å². The molecule has 0 aromatic heterocycles. The quantitative estimate of drug-likeness (QED) is 0.190. The van der Waals surface area contributed by atoms with Gasteiger partial charge < -0.3 is 9.59 Å². The Hall–Kier alpha value is -0.740. The van der Waals surface area contributed by atoms with Gasteiger partial charge in [-0.2, -0.15) is 0 Å². The Morgan fingerprint density at radius 1 is 0.778 bits per heavy atom. The zero-order valence-corrected chi connectivity index (χ0v) is 19.1. The highest BCUT2D eigenvalue weighted by molar-refractivity contribution is 5.53. The summed E-state index contributed by atoms with van der Waals surface area (Å²) >= 11 is 0. The number of hydrogen-bond acceptors (Lipinski definition) is 4. The lowest BCUT2D eigenvalue weighted by atomic mass is 9.91. The fourth-order valence-corrected chi connectivity index (χ4v) is 2.62. The average Bonchev–Trinajstić information content (AvgIpc) is 2.73. The molecular weight excluding hydrogens is 340 g/mol. The van der Waals surface area contributed by atoms with E-state index in [2.05, 4.69) is 32.6 Å². The highest BCUT2D eigenvalue weighted by Crippen LogP contribution is 2.21. The molecule has 166 valence electrons. The fourth-order valence-electron chi connectivity index (χ4n) is 2.62. The van der Waals surface area contributed by atoms with Crippen molar-refractivity contribution in [2.75, 3.05) is 7.11 Å². The summed E-state index contributed by atoms with van der Waals surface area (Å²) < 4.78 is 0. The zero-order valence-electron chi connectivity index (χ0n) is 19.1. The van der Waals surface area contributed by atoms with Crippen molar-refractivity contribution >= 4 is 13.1 Å². The van der Waals surface area contributed by atoms with Crippen LogP contribution in [-0.4, -0.2) is 25.4 Å². The van der Waals surface area contributed by atoms with Gasteiger partial charge >= 0.3 is 0 Å². The van der Waals surface area contributed by atoms with Crippen molar-refractivity contribution in [2.45, 2.75) is 124 Å². The van der Waals surface area contributed by atoms with E-state index in [0.29, 0.717) is 5.92 Å². The third-order valence-corrected chi connectivity index (χ3v) is 4.26. The first kappa shape index (κ1) is 33.8. The van der Waals surface area contributed by atoms with Crippen molar-refractivity contribution in [2.24, 2.45) is 5.92 Å². The SMILES string of the molecule is C=O.CCCCCC.CCCCCCCC.COO.O=CC1CCCCC1. The number of unbranched alkanes of at least 4 members (excludes halogenated alkanes) is 8. The van der Waals surface area contributed by atoms with Crippen LogP contribution in [-0.2, 0) is 14.5 Å². The molecule has 4 nitrogen and oxygen atoms in total. The minimum atomic E-state index is 0.406. The third-order valence-electron chi connectivity index (χ3n) is 4.26. The lowest BCUT2D eigenvalue weighted by molar-refractivity contribution is -0.214. The Bertz CT molecular complexity index is 206. The number of rotatable bonds is 9. The maximum absolute atomic E-state index is 10.2. The van der Waals surface area contributed by atoms with Gasteiger partial charge in [0, 0.05) is 5.92 Å². The van der Waals surface area contributed by atoms with E-state index < -0.39 is 0 Å². The molecule has 0 aliphatic heterocycles. The largest absolute Gasteiger partial charge is 0.307 e. The molecule has 27 heavy (non-hydrogen) atoms. The van der Waals surface area contributed by atoms with E-state index in [1.807, 2.05) is 6.79 Å². The summed E-state index contributed by atoms with van der Waals surface area (Å²) in [6.07, 6.45) is 21.3. The Balaban J connectivity index is -0.000000132. The standard InChI is InChI=1S/C8H18.C7H12O.C6H14.CH4O2.CH2O/c1-3-5-7-8-6-4-2;8-6-7-4-2-1-3-5-7;1-3-5-6-4-2;1-3-2;1-2/h3-8H2,1-2H3;6-7H,1-5H2;3-6H2,1-2H3;2H,1H3;1H2. The van der Waals surface area contributed by atoms with Crippen molar-refractivity contribution in [3.63, 3.8) is 0 Å². The predicted octanol–water partition coefficient (Wildman–Crippen LogP) is 7.64. The van der Waals surface area contributed by atoms with Gasteiger partial charge in [-0.1, -0.05) is 111 Å². The molecule has 1 saturated carbocycles. The highest BCUT2D eigenvalue weighted by atomic mass is 17.1. The molecule has 0 heterocycles. The Morgan fingerprint density at radius 3 is 1.30 bits per heavy atom. The Labute approximate surface area is 170 Å². The van der Waals surface area contributed by atoms with Gasteiger partial charge in [0.25, 0.3) is 0 Å². The summed E-state index contributed by atoms with van der Waals surface area (Å²) in [5, 5.41) is 7.07. The zero-order chi connectivity index (χ0) is 21.6. The smallest absolute Gasteiger partial charge is 0.123 e. The van der Waals surface area contributed by atoms with Gasteiger partial charge in [-0.3, -0.25) is 5.26 Å². The van der Waals surface area contributed by atoms with Crippen LogP contribution in [0.3, 0.4) is 0 Å². The molecule has 4 heteroatoms. The lowest BCUT2D eigenvalue weighted by Crippen LogP contribution is -2.06.